The van der Waals surface area contributed by atoms with E-state index in [0.717, 1.165) is 0 Å². The number of nitrogens with zero attached hydrogens (tertiary/aromatic N) is 3. The number of nitrogen functional groups attached to an aromatic ring is 1. The molecule has 4 N–H and O–H groups in total. The first-order valence-electron chi connectivity index (χ1n) is 8.50. The highest BCUT2D eigenvalue weighted by Gasteiger charge is 2.23. The molecule has 0 aliphatic carbocycles. The van der Waals surface area contributed by atoms with Crippen LogP contribution in [0.4, 0.5) is 5.82 Å². The van der Waals surface area contributed by atoms with E-state index in [2.05, 4.69) is 10.1 Å². The first-order chi connectivity index (χ1) is 13.5. The Labute approximate surface area is 167 Å². The molecule has 3 aromatic rings. The maximum absolute atomic E-state index is 12.0. The topological polar surface area (TPSA) is 118 Å². The van der Waals surface area contributed by atoms with Crippen molar-refractivity contribution in [3.63, 3.8) is 0 Å². The zero-order valence-electron chi connectivity index (χ0n) is 15.3. The maximum Gasteiger partial charge on any atom is 0.254 e. The molecule has 0 saturated heterocycles. The second-order valence-corrected chi connectivity index (χ2v) is 6.37. The molecule has 0 aliphatic rings. The van der Waals surface area contributed by atoms with Gasteiger partial charge in [0, 0.05) is 25.4 Å². The Bertz CT molecular complexity index is 972. The fraction of sp³-hybridized carbons (Fsp3) is 0.211. The standard InChI is InChI=1S/C19H20ClN5O3/c1-27-8-9-28-16-5-3-2-4-15(16)25-18(21)17(19(22)26)14(24-25)10-13-7-6-12(20)11-23-13/h2-7,11H,8-10,21H2,1H3,(H2,22,26). The maximum atomic E-state index is 12.0. The summed E-state index contributed by atoms with van der Waals surface area (Å²) in [5, 5.41) is 5.03. The number of hydrogen-bond donors (Lipinski definition) is 2. The SMILES string of the molecule is COCCOc1ccccc1-n1nc(Cc2ccc(Cl)cn2)c(C(N)=O)c1N. The molecule has 3 rings (SSSR count). The molecule has 0 aliphatic heterocycles. The summed E-state index contributed by atoms with van der Waals surface area (Å²) in [6.07, 6.45) is 1.81. The van der Waals surface area contributed by atoms with E-state index in [4.69, 9.17) is 32.5 Å². The third-order valence-electron chi connectivity index (χ3n) is 4.02. The summed E-state index contributed by atoms with van der Waals surface area (Å²) in [6.45, 7) is 0.794. The van der Waals surface area contributed by atoms with Gasteiger partial charge in [0.2, 0.25) is 0 Å². The molecule has 2 heterocycles. The lowest BCUT2D eigenvalue weighted by Gasteiger charge is -2.12. The van der Waals surface area contributed by atoms with Crippen LogP contribution in [0.2, 0.25) is 5.02 Å². The molecule has 0 spiro atoms. The molecule has 8 nitrogen and oxygen atoms in total. The van der Waals surface area contributed by atoms with Gasteiger partial charge in [-0.1, -0.05) is 23.7 Å². The third-order valence-corrected chi connectivity index (χ3v) is 4.24. The summed E-state index contributed by atoms with van der Waals surface area (Å²) in [7, 11) is 1.59. The summed E-state index contributed by atoms with van der Waals surface area (Å²) >= 11 is 5.88. The van der Waals surface area contributed by atoms with Crippen molar-refractivity contribution in [3.05, 3.63) is 64.6 Å². The Hall–Kier alpha value is -3.10. The van der Waals surface area contributed by atoms with Crippen molar-refractivity contribution in [2.24, 2.45) is 5.73 Å². The molecule has 2 aromatic heterocycles. The van der Waals surface area contributed by atoms with Crippen molar-refractivity contribution >= 4 is 23.3 Å². The average molecular weight is 402 g/mol. The minimum Gasteiger partial charge on any atom is -0.489 e. The fourth-order valence-electron chi connectivity index (χ4n) is 2.73. The number of anilines is 1. The van der Waals surface area contributed by atoms with Gasteiger partial charge in [-0.3, -0.25) is 9.78 Å². The van der Waals surface area contributed by atoms with Crippen LogP contribution in [0.3, 0.4) is 0 Å². The van der Waals surface area contributed by atoms with Gasteiger partial charge in [0.25, 0.3) is 5.91 Å². The molecule has 0 unspecified atom stereocenters. The molecular weight excluding hydrogens is 382 g/mol. The van der Waals surface area contributed by atoms with E-state index in [1.807, 2.05) is 12.1 Å². The molecule has 146 valence electrons. The average Bonchev–Trinajstić information content (AvgIpc) is 3.00. The minimum atomic E-state index is -0.662. The Morgan fingerprint density at radius 2 is 2.00 bits per heavy atom. The zero-order chi connectivity index (χ0) is 20.1. The van der Waals surface area contributed by atoms with E-state index in [1.54, 1.807) is 31.4 Å². The lowest BCUT2D eigenvalue weighted by Crippen LogP contribution is -2.15. The molecule has 0 fully saturated rings. The van der Waals surface area contributed by atoms with Gasteiger partial charge in [-0.15, -0.1) is 0 Å². The van der Waals surface area contributed by atoms with Crippen molar-refractivity contribution in [2.45, 2.75) is 6.42 Å². The quantitative estimate of drug-likeness (QED) is 0.558. The van der Waals surface area contributed by atoms with Gasteiger partial charge in [0.1, 0.15) is 29.4 Å². The molecule has 0 radical (unpaired) electrons. The Morgan fingerprint density at radius 1 is 1.21 bits per heavy atom. The largest absolute Gasteiger partial charge is 0.489 e. The predicted molar refractivity (Wildman–Crippen MR) is 106 cm³/mol. The lowest BCUT2D eigenvalue weighted by atomic mass is 10.1. The van der Waals surface area contributed by atoms with E-state index >= 15 is 0 Å². The number of pyridine rings is 1. The third kappa shape index (κ3) is 4.24. The van der Waals surface area contributed by atoms with E-state index in [9.17, 15) is 4.79 Å². The number of aromatic nitrogens is 3. The predicted octanol–water partition coefficient (Wildman–Crippen LogP) is 2.22. The van der Waals surface area contributed by atoms with Crippen LogP contribution >= 0.6 is 11.6 Å². The summed E-state index contributed by atoms with van der Waals surface area (Å²) in [5.41, 5.74) is 13.6. The number of benzene rings is 1. The molecule has 1 aromatic carbocycles. The van der Waals surface area contributed by atoms with E-state index in [-0.39, 0.29) is 17.8 Å². The number of primary amides is 1. The number of carbonyl (C=O) groups excluding carboxylic acids is 1. The van der Waals surface area contributed by atoms with E-state index < -0.39 is 5.91 Å². The van der Waals surface area contributed by atoms with Crippen LogP contribution < -0.4 is 16.2 Å². The first kappa shape index (κ1) is 19.7. The minimum absolute atomic E-state index is 0.138. The van der Waals surface area contributed by atoms with E-state index in [1.165, 1.54) is 10.9 Å². The van der Waals surface area contributed by atoms with Gasteiger partial charge in [0.05, 0.1) is 17.3 Å². The number of para-hydroxylation sites is 2. The lowest BCUT2D eigenvalue weighted by molar-refractivity contribution is 0.100. The number of methoxy groups -OCH3 is 1. The van der Waals surface area contributed by atoms with Gasteiger partial charge < -0.3 is 20.9 Å². The van der Waals surface area contributed by atoms with Gasteiger partial charge in [-0.05, 0) is 24.3 Å². The van der Waals surface area contributed by atoms with Crippen LogP contribution in [0.5, 0.6) is 5.75 Å². The number of halogens is 1. The summed E-state index contributed by atoms with van der Waals surface area (Å²) in [4.78, 5) is 16.3. The van der Waals surface area contributed by atoms with Crippen LogP contribution in [-0.4, -0.2) is 41.0 Å². The second-order valence-electron chi connectivity index (χ2n) is 5.94. The van der Waals surface area contributed by atoms with Crippen LogP contribution in [0.15, 0.2) is 42.6 Å². The van der Waals surface area contributed by atoms with Crippen molar-refractivity contribution < 1.29 is 14.3 Å². The fourth-order valence-corrected chi connectivity index (χ4v) is 2.84. The molecule has 9 heteroatoms. The number of amides is 1. The molecule has 1 amide bonds. The van der Waals surface area contributed by atoms with Crippen molar-refractivity contribution in [2.75, 3.05) is 26.1 Å². The zero-order valence-corrected chi connectivity index (χ0v) is 16.0. The van der Waals surface area contributed by atoms with Gasteiger partial charge in [-0.25, -0.2) is 4.68 Å². The molecular formula is C19H20ClN5O3. The Balaban J connectivity index is 2.01. The monoisotopic (exact) mass is 401 g/mol. The van der Waals surface area contributed by atoms with Crippen LogP contribution in [0, 0.1) is 0 Å². The summed E-state index contributed by atoms with van der Waals surface area (Å²) in [5.74, 6) is 0.0330. The van der Waals surface area contributed by atoms with Gasteiger partial charge in [0.15, 0.2) is 0 Å². The number of hydrogen-bond acceptors (Lipinski definition) is 6. The molecule has 0 saturated carbocycles. The summed E-state index contributed by atoms with van der Waals surface area (Å²) < 4.78 is 12.2. The number of ether oxygens (including phenoxy) is 2. The highest BCUT2D eigenvalue weighted by Crippen LogP contribution is 2.28. The highest BCUT2D eigenvalue weighted by atomic mass is 35.5. The van der Waals surface area contributed by atoms with Crippen LogP contribution in [0.1, 0.15) is 21.7 Å². The van der Waals surface area contributed by atoms with Gasteiger partial charge in [-0.2, -0.15) is 5.10 Å². The summed E-state index contributed by atoms with van der Waals surface area (Å²) in [6, 6.07) is 10.7. The number of nitrogens with two attached hydrogens (primary N) is 2. The number of carbonyl (C=O) groups is 1. The smallest absolute Gasteiger partial charge is 0.254 e. The van der Waals surface area contributed by atoms with Crippen molar-refractivity contribution in [1.82, 2.24) is 14.8 Å². The van der Waals surface area contributed by atoms with E-state index in [0.29, 0.717) is 41.1 Å². The van der Waals surface area contributed by atoms with Crippen LogP contribution in [-0.2, 0) is 11.2 Å². The second kappa shape index (κ2) is 8.73. The van der Waals surface area contributed by atoms with Crippen molar-refractivity contribution in [3.8, 4) is 11.4 Å². The Morgan fingerprint density at radius 3 is 2.68 bits per heavy atom. The number of rotatable bonds is 8. The van der Waals surface area contributed by atoms with Crippen LogP contribution in [0.25, 0.3) is 5.69 Å². The normalized spacial score (nSPS) is 10.8. The molecule has 28 heavy (non-hydrogen) atoms. The molecule has 0 atom stereocenters. The van der Waals surface area contributed by atoms with Gasteiger partial charge >= 0.3 is 0 Å². The molecule has 0 bridgehead atoms. The highest BCUT2D eigenvalue weighted by molar-refractivity contribution is 6.30. The van der Waals surface area contributed by atoms with Crippen molar-refractivity contribution in [1.29, 1.82) is 0 Å². The Kier molecular flexibility index (Phi) is 6.13. The first-order valence-corrected chi connectivity index (χ1v) is 8.87.